The lowest BCUT2D eigenvalue weighted by molar-refractivity contribution is -0.139. The number of nitrogens with zero attached hydrogens (tertiary/aromatic N) is 1. The van der Waals surface area contributed by atoms with E-state index in [0.29, 0.717) is 5.75 Å². The van der Waals surface area contributed by atoms with Gasteiger partial charge >= 0.3 is 5.97 Å². The number of amides is 1. The van der Waals surface area contributed by atoms with Crippen molar-refractivity contribution < 1.29 is 19.4 Å². The quantitative estimate of drug-likeness (QED) is 0.462. The van der Waals surface area contributed by atoms with Crippen LogP contribution in [0.15, 0.2) is 58.1 Å². The van der Waals surface area contributed by atoms with E-state index in [1.54, 1.807) is 24.3 Å². The van der Waals surface area contributed by atoms with Gasteiger partial charge in [-0.3, -0.25) is 4.79 Å². The maximum absolute atomic E-state index is 11.7. The van der Waals surface area contributed by atoms with Gasteiger partial charge in [0.25, 0.3) is 5.91 Å². The minimum Gasteiger partial charge on any atom is -0.482 e. The van der Waals surface area contributed by atoms with E-state index in [-0.39, 0.29) is 12.5 Å². The van der Waals surface area contributed by atoms with Gasteiger partial charge in [-0.25, -0.2) is 10.2 Å². The number of nitrogens with one attached hydrogen (secondary N) is 2. The first-order valence-electron chi connectivity index (χ1n) is 7.29. The van der Waals surface area contributed by atoms with Crippen molar-refractivity contribution in [1.29, 1.82) is 0 Å². The molecule has 0 bridgehead atoms. The molecule has 2 rings (SSSR count). The highest BCUT2D eigenvalue weighted by molar-refractivity contribution is 9.10. The maximum Gasteiger partial charge on any atom is 0.341 e. The third-order valence-corrected chi connectivity index (χ3v) is 3.47. The molecule has 0 spiro atoms. The van der Waals surface area contributed by atoms with Crippen molar-refractivity contribution in [3.05, 3.63) is 58.6 Å². The van der Waals surface area contributed by atoms with Gasteiger partial charge < -0.3 is 15.2 Å². The van der Waals surface area contributed by atoms with E-state index in [4.69, 9.17) is 9.84 Å². The Kier molecular flexibility index (Phi) is 6.97. The standard InChI is InChI=1S/C17H16BrN3O4/c18-13-3-5-14(6-4-13)19-10-16(22)21-20-9-12-1-7-15(8-2-12)25-11-17(23)24/h1-9,19H,10-11H2,(H,21,22)(H,23,24)/b20-9-. The number of halogens is 1. The van der Waals surface area contributed by atoms with E-state index < -0.39 is 12.6 Å². The van der Waals surface area contributed by atoms with E-state index in [1.165, 1.54) is 6.21 Å². The SMILES string of the molecule is O=C(O)COc1ccc(/C=N\NC(=O)CNc2ccc(Br)cc2)cc1. The average molecular weight is 406 g/mol. The van der Waals surface area contributed by atoms with Crippen LogP contribution in [0.2, 0.25) is 0 Å². The number of hydrazone groups is 1. The molecule has 0 aliphatic rings. The molecule has 0 saturated heterocycles. The van der Waals surface area contributed by atoms with Crippen LogP contribution in [-0.2, 0) is 9.59 Å². The molecule has 1 amide bonds. The van der Waals surface area contributed by atoms with Crippen molar-refractivity contribution in [1.82, 2.24) is 5.43 Å². The van der Waals surface area contributed by atoms with Crippen molar-refractivity contribution in [3.63, 3.8) is 0 Å². The zero-order valence-corrected chi connectivity index (χ0v) is 14.7. The lowest BCUT2D eigenvalue weighted by Gasteiger charge is -2.05. The summed E-state index contributed by atoms with van der Waals surface area (Å²) in [7, 11) is 0. The fourth-order valence-corrected chi connectivity index (χ4v) is 2.03. The van der Waals surface area contributed by atoms with Crippen LogP contribution >= 0.6 is 15.9 Å². The van der Waals surface area contributed by atoms with Crippen LogP contribution < -0.4 is 15.5 Å². The van der Waals surface area contributed by atoms with Gasteiger partial charge in [-0.05, 0) is 54.1 Å². The number of aliphatic carboxylic acids is 1. The summed E-state index contributed by atoms with van der Waals surface area (Å²) < 4.78 is 5.99. The maximum atomic E-state index is 11.7. The molecule has 130 valence electrons. The largest absolute Gasteiger partial charge is 0.482 e. The molecule has 3 N–H and O–H groups in total. The van der Waals surface area contributed by atoms with Gasteiger partial charge in [-0.15, -0.1) is 0 Å². The fourth-order valence-electron chi connectivity index (χ4n) is 1.76. The molecular weight excluding hydrogens is 390 g/mol. The summed E-state index contributed by atoms with van der Waals surface area (Å²) in [6, 6.07) is 14.1. The molecule has 0 radical (unpaired) electrons. The van der Waals surface area contributed by atoms with Crippen LogP contribution in [0.4, 0.5) is 5.69 Å². The van der Waals surface area contributed by atoms with Gasteiger partial charge in [0, 0.05) is 10.2 Å². The zero-order valence-electron chi connectivity index (χ0n) is 13.1. The van der Waals surface area contributed by atoms with Crippen LogP contribution in [0.25, 0.3) is 0 Å². The molecule has 0 fully saturated rings. The minimum absolute atomic E-state index is 0.0982. The first-order chi connectivity index (χ1) is 12.0. The Labute approximate surface area is 152 Å². The Bertz CT molecular complexity index is 745. The topological polar surface area (TPSA) is 100 Å². The lowest BCUT2D eigenvalue weighted by Crippen LogP contribution is -2.25. The van der Waals surface area contributed by atoms with Crippen LogP contribution in [-0.4, -0.2) is 36.3 Å². The number of carbonyl (C=O) groups excluding carboxylic acids is 1. The number of ether oxygens (including phenoxy) is 1. The first kappa shape index (κ1) is 18.5. The minimum atomic E-state index is -1.04. The summed E-state index contributed by atoms with van der Waals surface area (Å²) in [5.74, 6) is -0.868. The Morgan fingerprint density at radius 1 is 1.12 bits per heavy atom. The molecule has 7 nitrogen and oxygen atoms in total. The number of benzene rings is 2. The van der Waals surface area contributed by atoms with Gasteiger partial charge in [0.1, 0.15) is 5.75 Å². The number of anilines is 1. The third kappa shape index (κ3) is 7.05. The summed E-state index contributed by atoms with van der Waals surface area (Å²) >= 11 is 3.34. The number of carboxylic acids is 1. The molecule has 0 aliphatic heterocycles. The highest BCUT2D eigenvalue weighted by Gasteiger charge is 2.00. The number of rotatable bonds is 8. The molecule has 0 atom stereocenters. The van der Waals surface area contributed by atoms with E-state index >= 15 is 0 Å². The molecule has 2 aromatic carbocycles. The summed E-state index contributed by atoms with van der Waals surface area (Å²) in [6.07, 6.45) is 1.48. The molecular formula is C17H16BrN3O4. The molecule has 0 saturated carbocycles. The Hall–Kier alpha value is -2.87. The van der Waals surface area contributed by atoms with Crippen molar-refractivity contribution in [2.24, 2.45) is 5.10 Å². The predicted octanol–water partition coefficient (Wildman–Crippen LogP) is 2.47. The molecule has 2 aromatic rings. The summed E-state index contributed by atoms with van der Waals surface area (Å²) in [5.41, 5.74) is 3.99. The average Bonchev–Trinajstić information content (AvgIpc) is 2.60. The summed E-state index contributed by atoms with van der Waals surface area (Å²) in [6.45, 7) is -0.296. The van der Waals surface area contributed by atoms with Crippen molar-refractivity contribution >= 4 is 39.7 Å². The molecule has 8 heteroatoms. The second-order valence-electron chi connectivity index (χ2n) is 4.91. The van der Waals surface area contributed by atoms with Gasteiger partial charge in [0.05, 0.1) is 12.8 Å². The van der Waals surface area contributed by atoms with Crippen LogP contribution in [0.3, 0.4) is 0 Å². The van der Waals surface area contributed by atoms with Crippen LogP contribution in [0, 0.1) is 0 Å². The van der Waals surface area contributed by atoms with Crippen molar-refractivity contribution in [3.8, 4) is 5.75 Å². The van der Waals surface area contributed by atoms with E-state index in [1.807, 2.05) is 24.3 Å². The molecule has 0 heterocycles. The highest BCUT2D eigenvalue weighted by Crippen LogP contribution is 2.13. The predicted molar refractivity (Wildman–Crippen MR) is 97.9 cm³/mol. The van der Waals surface area contributed by atoms with Gasteiger partial charge in [0.15, 0.2) is 6.61 Å². The second-order valence-corrected chi connectivity index (χ2v) is 5.82. The monoisotopic (exact) mass is 405 g/mol. The van der Waals surface area contributed by atoms with Gasteiger partial charge in [-0.1, -0.05) is 15.9 Å². The Morgan fingerprint density at radius 2 is 1.80 bits per heavy atom. The second kappa shape index (κ2) is 9.43. The zero-order chi connectivity index (χ0) is 18.1. The normalized spacial score (nSPS) is 10.4. The highest BCUT2D eigenvalue weighted by atomic mass is 79.9. The van der Waals surface area contributed by atoms with E-state index in [2.05, 4.69) is 31.8 Å². The van der Waals surface area contributed by atoms with Gasteiger partial charge in [0.2, 0.25) is 0 Å². The molecule has 0 aliphatic carbocycles. The van der Waals surface area contributed by atoms with Crippen molar-refractivity contribution in [2.75, 3.05) is 18.5 Å². The first-order valence-corrected chi connectivity index (χ1v) is 8.08. The molecule has 0 unspecified atom stereocenters. The van der Waals surface area contributed by atoms with E-state index in [9.17, 15) is 9.59 Å². The lowest BCUT2D eigenvalue weighted by atomic mass is 10.2. The number of carboxylic acid groups (broad SMARTS) is 1. The molecule has 25 heavy (non-hydrogen) atoms. The van der Waals surface area contributed by atoms with E-state index in [0.717, 1.165) is 15.7 Å². The fraction of sp³-hybridized carbons (Fsp3) is 0.118. The number of hydrogen-bond donors (Lipinski definition) is 3. The molecule has 0 aromatic heterocycles. The van der Waals surface area contributed by atoms with Crippen molar-refractivity contribution in [2.45, 2.75) is 0 Å². The summed E-state index contributed by atoms with van der Waals surface area (Å²) in [5, 5.41) is 15.4. The van der Waals surface area contributed by atoms with Crippen LogP contribution in [0.5, 0.6) is 5.75 Å². The smallest absolute Gasteiger partial charge is 0.341 e. The Balaban J connectivity index is 1.74. The number of carbonyl (C=O) groups is 2. The third-order valence-electron chi connectivity index (χ3n) is 2.94. The number of hydrogen-bond acceptors (Lipinski definition) is 5. The summed E-state index contributed by atoms with van der Waals surface area (Å²) in [4.78, 5) is 22.1. The Morgan fingerprint density at radius 3 is 2.44 bits per heavy atom. The van der Waals surface area contributed by atoms with Gasteiger partial charge in [-0.2, -0.15) is 5.10 Å². The van der Waals surface area contributed by atoms with Crippen LogP contribution in [0.1, 0.15) is 5.56 Å².